The largest absolute Gasteiger partial charge is 0.454 e. The van der Waals surface area contributed by atoms with Crippen molar-refractivity contribution in [2.75, 3.05) is 0 Å². The lowest BCUT2D eigenvalue weighted by Crippen LogP contribution is -2.09. The van der Waals surface area contributed by atoms with E-state index in [4.69, 9.17) is 10.5 Å². The van der Waals surface area contributed by atoms with Gasteiger partial charge < -0.3 is 10.5 Å². The second-order valence-corrected chi connectivity index (χ2v) is 5.16. The number of ether oxygens (including phenoxy) is 1. The summed E-state index contributed by atoms with van der Waals surface area (Å²) in [5, 5.41) is 0. The molecule has 2 nitrogen and oxygen atoms in total. The molecule has 0 bridgehead atoms. The fraction of sp³-hybridized carbons (Fsp3) is 0.143. The van der Waals surface area contributed by atoms with E-state index in [2.05, 4.69) is 15.9 Å². The maximum atomic E-state index is 13.7. The zero-order valence-electron chi connectivity index (χ0n) is 10.5. The summed E-state index contributed by atoms with van der Waals surface area (Å²) < 4.78 is 46.3. The van der Waals surface area contributed by atoms with Crippen LogP contribution in [0.15, 0.2) is 34.8 Å². The summed E-state index contributed by atoms with van der Waals surface area (Å²) in [6.07, 6.45) is 0. The standard InChI is InChI=1S/C14H11BrF3NO/c1-7(19)13-9(16)3-2-4-11(13)20-12-6-8(15)5-10(17)14(12)18/h2-7H,19H2,1H3. The Kier molecular flexibility index (Phi) is 4.35. The minimum atomic E-state index is -1.15. The molecule has 0 aromatic heterocycles. The molecule has 106 valence electrons. The summed E-state index contributed by atoms with van der Waals surface area (Å²) in [6, 6.07) is 5.66. The van der Waals surface area contributed by atoms with Gasteiger partial charge in [-0.1, -0.05) is 22.0 Å². The van der Waals surface area contributed by atoms with Gasteiger partial charge >= 0.3 is 0 Å². The van der Waals surface area contributed by atoms with Crippen LogP contribution in [0.5, 0.6) is 11.5 Å². The van der Waals surface area contributed by atoms with E-state index >= 15 is 0 Å². The summed E-state index contributed by atoms with van der Waals surface area (Å²) in [5.74, 6) is -3.06. The predicted octanol–water partition coefficient (Wildman–Crippen LogP) is 4.68. The smallest absolute Gasteiger partial charge is 0.201 e. The number of hydrogen-bond acceptors (Lipinski definition) is 2. The van der Waals surface area contributed by atoms with Crippen molar-refractivity contribution in [3.8, 4) is 11.5 Å². The lowest BCUT2D eigenvalue weighted by Gasteiger charge is -2.15. The van der Waals surface area contributed by atoms with E-state index in [1.165, 1.54) is 24.3 Å². The Bertz CT molecular complexity index is 647. The highest BCUT2D eigenvalue weighted by Gasteiger charge is 2.17. The first-order chi connectivity index (χ1) is 9.40. The van der Waals surface area contributed by atoms with Crippen LogP contribution in [0, 0.1) is 17.5 Å². The maximum Gasteiger partial charge on any atom is 0.201 e. The van der Waals surface area contributed by atoms with E-state index in [-0.39, 0.29) is 17.1 Å². The van der Waals surface area contributed by atoms with Gasteiger partial charge in [0.25, 0.3) is 0 Å². The fourth-order valence-electron chi connectivity index (χ4n) is 1.77. The van der Waals surface area contributed by atoms with Crippen LogP contribution in [0.1, 0.15) is 18.5 Å². The second-order valence-electron chi connectivity index (χ2n) is 4.24. The monoisotopic (exact) mass is 345 g/mol. The molecule has 2 N–H and O–H groups in total. The minimum Gasteiger partial charge on any atom is -0.454 e. The van der Waals surface area contributed by atoms with Crippen LogP contribution in [0.3, 0.4) is 0 Å². The number of hydrogen-bond donors (Lipinski definition) is 1. The third-order valence-corrected chi connectivity index (χ3v) is 3.11. The molecule has 20 heavy (non-hydrogen) atoms. The molecule has 0 radical (unpaired) electrons. The van der Waals surface area contributed by atoms with Crippen LogP contribution in [-0.4, -0.2) is 0 Å². The lowest BCUT2D eigenvalue weighted by atomic mass is 10.1. The molecule has 6 heteroatoms. The van der Waals surface area contributed by atoms with E-state index in [0.29, 0.717) is 4.47 Å². The topological polar surface area (TPSA) is 35.2 Å². The van der Waals surface area contributed by atoms with E-state index in [0.717, 1.165) is 6.07 Å². The van der Waals surface area contributed by atoms with E-state index in [1.54, 1.807) is 6.92 Å². The van der Waals surface area contributed by atoms with Crippen LogP contribution in [-0.2, 0) is 0 Å². The van der Waals surface area contributed by atoms with Crippen molar-refractivity contribution in [2.45, 2.75) is 13.0 Å². The molecular weight excluding hydrogens is 335 g/mol. The Morgan fingerprint density at radius 2 is 1.80 bits per heavy atom. The average molecular weight is 346 g/mol. The van der Waals surface area contributed by atoms with E-state index < -0.39 is 23.5 Å². The van der Waals surface area contributed by atoms with Crippen molar-refractivity contribution in [3.05, 3.63) is 57.8 Å². The quantitative estimate of drug-likeness (QED) is 0.819. The predicted molar refractivity (Wildman–Crippen MR) is 73.1 cm³/mol. The second kappa shape index (κ2) is 5.85. The van der Waals surface area contributed by atoms with Crippen LogP contribution in [0.2, 0.25) is 0 Å². The summed E-state index contributed by atoms with van der Waals surface area (Å²) >= 11 is 3.04. The molecule has 0 aliphatic rings. The van der Waals surface area contributed by atoms with Crippen molar-refractivity contribution in [3.63, 3.8) is 0 Å². The normalized spacial score (nSPS) is 12.3. The van der Waals surface area contributed by atoms with Crippen molar-refractivity contribution >= 4 is 15.9 Å². The molecule has 0 saturated heterocycles. The van der Waals surface area contributed by atoms with Crippen LogP contribution < -0.4 is 10.5 Å². The molecule has 2 aromatic carbocycles. The zero-order valence-corrected chi connectivity index (χ0v) is 12.0. The van der Waals surface area contributed by atoms with Gasteiger partial charge in [-0.2, -0.15) is 4.39 Å². The molecule has 0 heterocycles. The first kappa shape index (κ1) is 14.9. The summed E-state index contributed by atoms with van der Waals surface area (Å²) in [7, 11) is 0. The summed E-state index contributed by atoms with van der Waals surface area (Å²) in [5.41, 5.74) is 5.77. The van der Waals surface area contributed by atoms with E-state index in [1.807, 2.05) is 0 Å². The highest BCUT2D eigenvalue weighted by atomic mass is 79.9. The number of benzene rings is 2. The number of nitrogens with two attached hydrogens (primary N) is 1. The maximum absolute atomic E-state index is 13.7. The van der Waals surface area contributed by atoms with Crippen LogP contribution in [0.25, 0.3) is 0 Å². The first-order valence-corrected chi connectivity index (χ1v) is 6.56. The van der Waals surface area contributed by atoms with Gasteiger partial charge in [0, 0.05) is 16.1 Å². The molecule has 0 amide bonds. The molecule has 1 atom stereocenters. The number of halogens is 4. The molecule has 0 aliphatic carbocycles. The molecule has 0 aliphatic heterocycles. The van der Waals surface area contributed by atoms with Crippen LogP contribution in [0.4, 0.5) is 13.2 Å². The summed E-state index contributed by atoms with van der Waals surface area (Å²) in [4.78, 5) is 0. The lowest BCUT2D eigenvalue weighted by molar-refractivity contribution is 0.406. The average Bonchev–Trinajstić information content (AvgIpc) is 2.35. The molecule has 1 unspecified atom stereocenters. The van der Waals surface area contributed by atoms with Gasteiger partial charge in [-0.15, -0.1) is 0 Å². The van der Waals surface area contributed by atoms with Crippen molar-refractivity contribution in [1.29, 1.82) is 0 Å². The molecule has 2 aromatic rings. The van der Waals surface area contributed by atoms with Gasteiger partial charge in [0.15, 0.2) is 11.6 Å². The fourth-order valence-corrected chi connectivity index (χ4v) is 2.18. The SMILES string of the molecule is CC(N)c1c(F)cccc1Oc1cc(Br)cc(F)c1F. The van der Waals surface area contributed by atoms with Crippen molar-refractivity contribution in [1.82, 2.24) is 0 Å². The molecule has 0 spiro atoms. The zero-order chi connectivity index (χ0) is 14.9. The Morgan fingerprint density at radius 1 is 1.10 bits per heavy atom. The van der Waals surface area contributed by atoms with Gasteiger partial charge in [0.2, 0.25) is 5.82 Å². The third kappa shape index (κ3) is 2.96. The van der Waals surface area contributed by atoms with Crippen molar-refractivity contribution in [2.24, 2.45) is 5.73 Å². The molecule has 0 fully saturated rings. The Morgan fingerprint density at radius 3 is 2.45 bits per heavy atom. The highest BCUT2D eigenvalue weighted by molar-refractivity contribution is 9.10. The van der Waals surface area contributed by atoms with Crippen LogP contribution >= 0.6 is 15.9 Å². The summed E-state index contributed by atoms with van der Waals surface area (Å²) in [6.45, 7) is 1.57. The molecular formula is C14H11BrF3NO. The van der Waals surface area contributed by atoms with Gasteiger partial charge in [0.1, 0.15) is 11.6 Å². The van der Waals surface area contributed by atoms with E-state index in [9.17, 15) is 13.2 Å². The van der Waals surface area contributed by atoms with Gasteiger partial charge in [-0.3, -0.25) is 0 Å². The van der Waals surface area contributed by atoms with Crippen molar-refractivity contribution < 1.29 is 17.9 Å². The highest BCUT2D eigenvalue weighted by Crippen LogP contribution is 2.34. The number of rotatable bonds is 3. The molecule has 2 rings (SSSR count). The van der Waals surface area contributed by atoms with Gasteiger partial charge in [-0.25, -0.2) is 8.78 Å². The Labute approximate surface area is 122 Å². The minimum absolute atomic E-state index is 0.0522. The van der Waals surface area contributed by atoms with Gasteiger partial charge in [-0.05, 0) is 31.2 Å². The first-order valence-electron chi connectivity index (χ1n) is 5.76. The molecule has 0 saturated carbocycles. The Hall–Kier alpha value is -1.53. The third-order valence-electron chi connectivity index (χ3n) is 2.65. The Balaban J connectivity index is 2.48. The van der Waals surface area contributed by atoms with Gasteiger partial charge in [0.05, 0.1) is 0 Å².